The molecule has 0 amide bonds. The van der Waals surface area contributed by atoms with E-state index in [0.29, 0.717) is 0 Å². The molecule has 0 aliphatic rings. The second-order valence-electron chi connectivity index (χ2n) is 0.524. The van der Waals surface area contributed by atoms with Crippen LogP contribution in [0.15, 0.2) is 12.7 Å². The first-order valence-corrected chi connectivity index (χ1v) is 2.04. The van der Waals surface area contributed by atoms with Crippen LogP contribution >= 0.6 is 9.24 Å². The minimum atomic E-state index is 0. The van der Waals surface area contributed by atoms with Crippen molar-refractivity contribution in [2.24, 2.45) is 0 Å². The predicted molar refractivity (Wildman–Crippen MR) is 39.1 cm³/mol. The molecule has 0 saturated carbocycles. The average molecular weight is 90.0 g/mol. The van der Waals surface area contributed by atoms with Crippen LogP contribution in [-0.2, 0) is 0 Å². The van der Waals surface area contributed by atoms with Crippen molar-refractivity contribution in [3.05, 3.63) is 12.7 Å². The van der Waals surface area contributed by atoms with Gasteiger partial charge in [-0.25, -0.2) is 0 Å². The molecule has 0 aliphatic carbocycles. The number of hydrogen-bond donors (Lipinski definition) is 0. The van der Waals surface area contributed by atoms with Crippen molar-refractivity contribution in [2.75, 3.05) is 6.16 Å². The molecule has 0 rings (SSSR count). The summed E-state index contributed by atoms with van der Waals surface area (Å²) in [7, 11) is 2.54. The molecule has 3 heteroatoms. The van der Waals surface area contributed by atoms with Crippen LogP contribution in [0, 0.1) is 0 Å². The third kappa shape index (κ3) is 18.3. The average Bonchev–Trinajstić information content (AvgIpc) is 1.37. The number of rotatable bonds is 1. The predicted octanol–water partition coefficient (Wildman–Crippen LogP) is -0.250. The molecule has 0 aliphatic heterocycles. The van der Waals surface area contributed by atoms with E-state index in [4.69, 9.17) is 0 Å². The van der Waals surface area contributed by atoms with Gasteiger partial charge in [-0.15, -0.1) is 15.8 Å². The summed E-state index contributed by atoms with van der Waals surface area (Å²) in [6.45, 7) is 3.46. The monoisotopic (exact) mass is 90.1 g/mol. The van der Waals surface area contributed by atoms with Crippen molar-refractivity contribution in [3.63, 3.8) is 0 Å². The molecule has 28 valence electrons. The Balaban J connectivity index is -0.0000000450. The van der Waals surface area contributed by atoms with E-state index in [1.807, 2.05) is 6.08 Å². The van der Waals surface area contributed by atoms with Gasteiger partial charge in [0.1, 0.15) is 0 Å². The molecule has 0 fully saturated rings. The van der Waals surface area contributed by atoms with E-state index in [2.05, 4.69) is 15.8 Å². The van der Waals surface area contributed by atoms with Gasteiger partial charge < -0.3 is 0 Å². The first-order chi connectivity index (χ1) is 1.91. The summed E-state index contributed by atoms with van der Waals surface area (Å²) in [6.07, 6.45) is 2.84. The van der Waals surface area contributed by atoms with E-state index in [1.54, 1.807) is 0 Å². The Bertz CT molecular complexity index is 22.8. The third-order valence-electron chi connectivity index (χ3n) is 0.167. The van der Waals surface area contributed by atoms with Gasteiger partial charge >= 0.3 is 37.7 Å². The third-order valence-corrected chi connectivity index (χ3v) is 0.500. The summed E-state index contributed by atoms with van der Waals surface area (Å²) in [5.74, 6) is 0. The molecule has 0 aromatic heterocycles. The van der Waals surface area contributed by atoms with E-state index in [-0.39, 0.29) is 37.7 Å². The molecule has 1 atom stereocenters. The molecule has 6 heavy (non-hydrogen) atoms. The van der Waals surface area contributed by atoms with Crippen LogP contribution in [0.5, 0.6) is 0 Å². The fourth-order valence-corrected chi connectivity index (χ4v) is 0. The van der Waals surface area contributed by atoms with Crippen LogP contribution in [0.25, 0.3) is 0 Å². The molecule has 0 nitrogen and oxygen atoms in total. The fraction of sp³-hybridized carbons (Fsp3) is 0.333. The Morgan fingerprint density at radius 3 is 1.67 bits per heavy atom. The Morgan fingerprint density at radius 2 is 1.67 bits per heavy atom. The first kappa shape index (κ1) is 15.7. The van der Waals surface area contributed by atoms with Gasteiger partial charge in [0.15, 0.2) is 0 Å². The van der Waals surface area contributed by atoms with Crippen LogP contribution < -0.4 is 0 Å². The van der Waals surface area contributed by atoms with Gasteiger partial charge in [-0.05, 0) is 6.16 Å². The van der Waals surface area contributed by atoms with Gasteiger partial charge in [0.25, 0.3) is 0 Å². The van der Waals surface area contributed by atoms with Crippen molar-refractivity contribution >= 4 is 47.0 Å². The molecule has 0 bridgehead atoms. The van der Waals surface area contributed by atoms with Gasteiger partial charge in [0, 0.05) is 0 Å². The summed E-state index contributed by atoms with van der Waals surface area (Å²) in [5, 5.41) is 0. The molecule has 0 spiro atoms. The first-order valence-electron chi connectivity index (χ1n) is 1.22. The van der Waals surface area contributed by atoms with Crippen LogP contribution in [0.3, 0.4) is 0 Å². The van der Waals surface area contributed by atoms with Crippen molar-refractivity contribution in [3.8, 4) is 0 Å². The maximum absolute atomic E-state index is 3.46. The van der Waals surface area contributed by atoms with Gasteiger partial charge in [0.2, 0.25) is 0 Å². The zero-order valence-electron chi connectivity index (χ0n) is 2.57. The van der Waals surface area contributed by atoms with Crippen LogP contribution in [-0.4, -0.2) is 43.9 Å². The van der Waals surface area contributed by atoms with E-state index in [0.717, 1.165) is 6.16 Å². The van der Waals surface area contributed by atoms with Crippen LogP contribution in [0.2, 0.25) is 0 Å². The van der Waals surface area contributed by atoms with Crippen molar-refractivity contribution in [2.45, 2.75) is 0 Å². The molecule has 0 heterocycles. The number of allylic oxidation sites excluding steroid dienone is 1. The minimum absolute atomic E-state index is 0. The summed E-state index contributed by atoms with van der Waals surface area (Å²) >= 11 is 0. The second kappa shape index (κ2) is 16.2. The van der Waals surface area contributed by atoms with Gasteiger partial charge in [-0.3, -0.25) is 0 Å². The molecular formula is C3H9Li2P. The molecule has 0 saturated heterocycles. The Kier molecular flexibility index (Phi) is 42.2. The quantitative estimate of drug-likeness (QED) is 0.236. The standard InChI is InChI=1S/C3H7P.2Li.2H/c1-2-3-4;;;;/h2H,1,3-4H2;;;;. The molecule has 0 aromatic carbocycles. The molecule has 1 unspecified atom stereocenters. The van der Waals surface area contributed by atoms with Gasteiger partial charge in [-0.1, -0.05) is 6.08 Å². The topological polar surface area (TPSA) is 0 Å². The zero-order chi connectivity index (χ0) is 3.41. The normalized spacial score (nSPS) is 4.17. The van der Waals surface area contributed by atoms with Crippen molar-refractivity contribution in [1.29, 1.82) is 0 Å². The van der Waals surface area contributed by atoms with E-state index < -0.39 is 0 Å². The van der Waals surface area contributed by atoms with Crippen molar-refractivity contribution < 1.29 is 0 Å². The summed E-state index contributed by atoms with van der Waals surface area (Å²) in [4.78, 5) is 0. The van der Waals surface area contributed by atoms with E-state index in [9.17, 15) is 0 Å². The fourth-order valence-electron chi connectivity index (χ4n) is 0. The Labute approximate surface area is 65.7 Å². The van der Waals surface area contributed by atoms with Crippen LogP contribution in [0.1, 0.15) is 0 Å². The molecule has 0 aromatic rings. The SMILES string of the molecule is C=CCP.[LiH].[LiH]. The Hall–Kier alpha value is 1.36. The maximum atomic E-state index is 3.46. The summed E-state index contributed by atoms with van der Waals surface area (Å²) in [6, 6.07) is 0. The van der Waals surface area contributed by atoms with Gasteiger partial charge in [0.05, 0.1) is 0 Å². The summed E-state index contributed by atoms with van der Waals surface area (Å²) in [5.41, 5.74) is 0. The zero-order valence-corrected chi connectivity index (χ0v) is 3.72. The second-order valence-corrected chi connectivity index (χ2v) is 0.996. The van der Waals surface area contributed by atoms with Crippen LogP contribution in [0.4, 0.5) is 0 Å². The number of hydrogen-bond acceptors (Lipinski definition) is 0. The summed E-state index contributed by atoms with van der Waals surface area (Å²) < 4.78 is 0. The van der Waals surface area contributed by atoms with Crippen molar-refractivity contribution in [1.82, 2.24) is 0 Å². The van der Waals surface area contributed by atoms with E-state index in [1.165, 1.54) is 0 Å². The Morgan fingerprint density at radius 1 is 1.50 bits per heavy atom. The van der Waals surface area contributed by atoms with E-state index >= 15 is 0 Å². The molecule has 0 N–H and O–H groups in total. The van der Waals surface area contributed by atoms with Gasteiger partial charge in [-0.2, -0.15) is 0 Å². The molecule has 0 radical (unpaired) electrons. The molecular weight excluding hydrogens is 80.9 g/mol.